The average Bonchev–Trinajstić information content (AvgIpc) is 2.56. The predicted molar refractivity (Wildman–Crippen MR) is 106 cm³/mol. The van der Waals surface area contributed by atoms with Crippen molar-refractivity contribution in [3.05, 3.63) is 64.7 Å². The van der Waals surface area contributed by atoms with E-state index >= 15 is 0 Å². The third-order valence-corrected chi connectivity index (χ3v) is 5.60. The fourth-order valence-corrected chi connectivity index (χ4v) is 3.97. The Morgan fingerprint density at radius 2 is 1.58 bits per heavy atom. The number of carbonyl (C=O) groups is 1. The number of benzene rings is 2. The highest BCUT2D eigenvalue weighted by atomic mass is 35.5. The van der Waals surface area contributed by atoms with Gasteiger partial charge in [0.1, 0.15) is 6.04 Å². The molecule has 0 bridgehead atoms. The van der Waals surface area contributed by atoms with Crippen LogP contribution in [0.1, 0.15) is 31.0 Å². The van der Waals surface area contributed by atoms with Gasteiger partial charge in [-0.05, 0) is 50.6 Å². The van der Waals surface area contributed by atoms with E-state index in [2.05, 4.69) is 5.32 Å². The van der Waals surface area contributed by atoms with Gasteiger partial charge < -0.3 is 5.32 Å². The van der Waals surface area contributed by atoms with Gasteiger partial charge in [0.05, 0.1) is 18.0 Å². The third-order valence-electron chi connectivity index (χ3n) is 4.11. The second-order valence-electron chi connectivity index (χ2n) is 6.35. The summed E-state index contributed by atoms with van der Waals surface area (Å²) >= 11 is 5.87. The summed E-state index contributed by atoms with van der Waals surface area (Å²) in [6, 6.07) is 13.0. The van der Waals surface area contributed by atoms with Crippen molar-refractivity contribution in [2.75, 3.05) is 10.6 Å². The third kappa shape index (κ3) is 4.99. The SMILES string of the molecule is Cc1ccc([C@H](C)NC(=O)[C@@H](C)N(c2ccc(Cl)cc2)S(C)(=O)=O)cc1. The highest BCUT2D eigenvalue weighted by Gasteiger charge is 2.29. The van der Waals surface area contributed by atoms with Crippen molar-refractivity contribution in [2.45, 2.75) is 32.9 Å². The Kier molecular flexibility index (Phi) is 6.31. The molecule has 2 atom stereocenters. The molecule has 0 radical (unpaired) electrons. The minimum Gasteiger partial charge on any atom is -0.348 e. The topological polar surface area (TPSA) is 66.5 Å². The average molecular weight is 395 g/mol. The van der Waals surface area contributed by atoms with Gasteiger partial charge in [-0.1, -0.05) is 41.4 Å². The number of halogens is 1. The lowest BCUT2D eigenvalue weighted by Gasteiger charge is -2.29. The summed E-state index contributed by atoms with van der Waals surface area (Å²) in [5, 5.41) is 3.37. The van der Waals surface area contributed by atoms with Gasteiger partial charge in [-0.2, -0.15) is 0 Å². The van der Waals surface area contributed by atoms with Crippen molar-refractivity contribution in [2.24, 2.45) is 0 Å². The zero-order valence-electron chi connectivity index (χ0n) is 15.2. The van der Waals surface area contributed by atoms with Crippen LogP contribution in [0.5, 0.6) is 0 Å². The Bertz CT molecular complexity index is 865. The van der Waals surface area contributed by atoms with Crippen molar-refractivity contribution in [1.29, 1.82) is 0 Å². The van der Waals surface area contributed by atoms with E-state index in [1.807, 2.05) is 38.1 Å². The molecule has 0 aliphatic carbocycles. The lowest BCUT2D eigenvalue weighted by atomic mass is 10.1. The predicted octanol–water partition coefficient (Wildman–Crippen LogP) is 3.68. The Hall–Kier alpha value is -2.05. The van der Waals surface area contributed by atoms with Crippen LogP contribution < -0.4 is 9.62 Å². The first-order chi connectivity index (χ1) is 12.1. The van der Waals surface area contributed by atoms with Crippen molar-refractivity contribution in [1.82, 2.24) is 5.32 Å². The van der Waals surface area contributed by atoms with Crippen LogP contribution in [0.25, 0.3) is 0 Å². The van der Waals surface area contributed by atoms with Gasteiger partial charge in [0.2, 0.25) is 15.9 Å². The van der Waals surface area contributed by atoms with Crippen molar-refractivity contribution < 1.29 is 13.2 Å². The van der Waals surface area contributed by atoms with Gasteiger partial charge in [0.25, 0.3) is 0 Å². The highest BCUT2D eigenvalue weighted by molar-refractivity contribution is 7.92. The van der Waals surface area contributed by atoms with Gasteiger partial charge in [0, 0.05) is 5.02 Å². The zero-order chi connectivity index (χ0) is 19.5. The molecule has 0 aliphatic heterocycles. The second kappa shape index (κ2) is 8.10. The molecule has 7 heteroatoms. The van der Waals surface area contributed by atoms with Crippen LogP contribution in [-0.2, 0) is 14.8 Å². The molecule has 2 aromatic carbocycles. The zero-order valence-corrected chi connectivity index (χ0v) is 16.8. The molecule has 2 aromatic rings. The van der Waals surface area contributed by atoms with Crippen LogP contribution in [0.3, 0.4) is 0 Å². The first-order valence-electron chi connectivity index (χ1n) is 8.21. The molecule has 0 fully saturated rings. The van der Waals surface area contributed by atoms with Crippen molar-refractivity contribution in [3.63, 3.8) is 0 Å². The molecule has 0 spiro atoms. The Balaban J connectivity index is 2.22. The minimum absolute atomic E-state index is 0.239. The summed E-state index contributed by atoms with van der Waals surface area (Å²) in [7, 11) is -3.65. The summed E-state index contributed by atoms with van der Waals surface area (Å²) in [4.78, 5) is 12.7. The molecule has 5 nitrogen and oxygen atoms in total. The summed E-state index contributed by atoms with van der Waals surface area (Å²) < 4.78 is 25.6. The molecule has 2 rings (SSSR count). The molecule has 0 saturated heterocycles. The van der Waals surface area contributed by atoms with Crippen LogP contribution in [0.15, 0.2) is 48.5 Å². The van der Waals surface area contributed by atoms with Crippen molar-refractivity contribution in [3.8, 4) is 0 Å². The Morgan fingerprint density at radius 3 is 2.08 bits per heavy atom. The molecular formula is C19H23ClN2O3S. The van der Waals surface area contributed by atoms with Crippen LogP contribution >= 0.6 is 11.6 Å². The first kappa shape index (κ1) is 20.3. The summed E-state index contributed by atoms with van der Waals surface area (Å²) in [6.45, 7) is 5.42. The summed E-state index contributed by atoms with van der Waals surface area (Å²) in [6.07, 6.45) is 1.08. The number of rotatable bonds is 6. The number of carbonyl (C=O) groups excluding carboxylic acids is 1. The summed E-state index contributed by atoms with van der Waals surface area (Å²) in [5.41, 5.74) is 2.47. The van der Waals surface area contributed by atoms with Gasteiger partial charge >= 0.3 is 0 Å². The van der Waals surface area contributed by atoms with Crippen molar-refractivity contribution >= 4 is 33.2 Å². The Morgan fingerprint density at radius 1 is 1.04 bits per heavy atom. The number of amides is 1. The molecule has 1 N–H and O–H groups in total. The van der Waals surface area contributed by atoms with Gasteiger partial charge in [0.15, 0.2) is 0 Å². The minimum atomic E-state index is -3.65. The molecule has 0 heterocycles. The van der Waals surface area contributed by atoms with E-state index in [0.717, 1.165) is 21.7 Å². The Labute approximate surface area is 160 Å². The lowest BCUT2D eigenvalue weighted by Crippen LogP contribution is -2.48. The standard InChI is InChI=1S/C19H23ClN2O3S/c1-13-5-7-16(8-6-13)14(2)21-19(23)15(3)22(26(4,24)25)18-11-9-17(20)10-12-18/h5-12,14-15H,1-4H3,(H,21,23)/t14-,15+/m0/s1. The lowest BCUT2D eigenvalue weighted by molar-refractivity contribution is -0.122. The maximum atomic E-state index is 12.7. The number of sulfonamides is 1. The van der Waals surface area contributed by atoms with Crippen LogP contribution in [0.2, 0.25) is 5.02 Å². The number of hydrogen-bond acceptors (Lipinski definition) is 3. The van der Waals surface area contributed by atoms with E-state index in [1.54, 1.807) is 31.2 Å². The quantitative estimate of drug-likeness (QED) is 0.812. The number of aryl methyl sites for hydroxylation is 1. The highest BCUT2D eigenvalue weighted by Crippen LogP contribution is 2.23. The number of anilines is 1. The number of hydrogen-bond donors (Lipinski definition) is 1. The molecule has 0 aliphatic rings. The van der Waals surface area contributed by atoms with E-state index in [-0.39, 0.29) is 11.9 Å². The van der Waals surface area contributed by atoms with Crippen LogP contribution in [0.4, 0.5) is 5.69 Å². The van der Waals surface area contributed by atoms with E-state index < -0.39 is 16.1 Å². The maximum Gasteiger partial charge on any atom is 0.244 e. The monoisotopic (exact) mass is 394 g/mol. The molecule has 0 saturated carbocycles. The molecule has 26 heavy (non-hydrogen) atoms. The van der Waals surface area contributed by atoms with E-state index in [9.17, 15) is 13.2 Å². The molecule has 0 aromatic heterocycles. The fourth-order valence-electron chi connectivity index (χ4n) is 2.67. The molecular weight excluding hydrogens is 372 g/mol. The summed E-state index contributed by atoms with van der Waals surface area (Å²) in [5.74, 6) is -0.376. The largest absolute Gasteiger partial charge is 0.348 e. The second-order valence-corrected chi connectivity index (χ2v) is 8.65. The normalized spacial score (nSPS) is 13.7. The van der Waals surface area contributed by atoms with Crippen LogP contribution in [0, 0.1) is 6.92 Å². The fraction of sp³-hybridized carbons (Fsp3) is 0.316. The number of nitrogens with one attached hydrogen (secondary N) is 1. The first-order valence-corrected chi connectivity index (χ1v) is 10.4. The van der Waals surface area contributed by atoms with E-state index in [0.29, 0.717) is 10.7 Å². The number of nitrogens with zero attached hydrogens (tertiary/aromatic N) is 1. The smallest absolute Gasteiger partial charge is 0.244 e. The molecule has 0 unspecified atom stereocenters. The van der Waals surface area contributed by atoms with Gasteiger partial charge in [-0.15, -0.1) is 0 Å². The van der Waals surface area contributed by atoms with Gasteiger partial charge in [-0.3, -0.25) is 9.10 Å². The maximum absolute atomic E-state index is 12.7. The van der Waals surface area contributed by atoms with Gasteiger partial charge in [-0.25, -0.2) is 8.42 Å². The molecule has 140 valence electrons. The van der Waals surface area contributed by atoms with E-state index in [4.69, 9.17) is 11.6 Å². The van der Waals surface area contributed by atoms with E-state index in [1.165, 1.54) is 0 Å². The van der Waals surface area contributed by atoms with Crippen LogP contribution in [-0.4, -0.2) is 26.6 Å². The molecule has 1 amide bonds.